The lowest BCUT2D eigenvalue weighted by Crippen LogP contribution is -2.30. The zero-order valence-corrected chi connectivity index (χ0v) is 13.6. The van der Waals surface area contributed by atoms with Crippen molar-refractivity contribution in [3.05, 3.63) is 46.7 Å². The number of carbonyl (C=O) groups is 1. The lowest BCUT2D eigenvalue weighted by atomic mass is 10.0. The topological polar surface area (TPSA) is 50.7 Å². The molecule has 21 heavy (non-hydrogen) atoms. The van der Waals surface area contributed by atoms with Crippen molar-refractivity contribution in [3.8, 4) is 0 Å². The molecule has 0 radical (unpaired) electrons. The van der Waals surface area contributed by atoms with E-state index < -0.39 is 0 Å². The molecule has 0 spiro atoms. The molecule has 1 aromatic carbocycles. The van der Waals surface area contributed by atoms with E-state index in [-0.39, 0.29) is 11.2 Å². The van der Waals surface area contributed by atoms with Gasteiger partial charge in [0.1, 0.15) is 0 Å². The van der Waals surface area contributed by atoms with Gasteiger partial charge in [-0.15, -0.1) is 0 Å². The van der Waals surface area contributed by atoms with Crippen LogP contribution in [-0.4, -0.2) is 24.8 Å². The van der Waals surface area contributed by atoms with Gasteiger partial charge in [0.15, 0.2) is 5.17 Å². The maximum atomic E-state index is 12.3. The number of rotatable bonds is 3. The minimum Gasteiger partial charge on any atom is -0.463 e. The Morgan fingerprint density at radius 3 is 2.57 bits per heavy atom. The van der Waals surface area contributed by atoms with Gasteiger partial charge in [0.2, 0.25) is 0 Å². The SMILES string of the molecule is CCOC(=O)C1=C(C)NC(=NC)S[C@H]1c1ccc(C)cc1. The van der Waals surface area contributed by atoms with Crippen LogP contribution >= 0.6 is 11.8 Å². The molecule has 4 nitrogen and oxygen atoms in total. The standard InChI is InChI=1S/C16H20N2O2S/c1-5-20-15(19)13-11(3)18-16(17-4)21-14(13)12-8-6-10(2)7-9-12/h6-9,14H,5H2,1-4H3,(H,17,18)/t14-/m0/s1. The number of hydrogen-bond donors (Lipinski definition) is 1. The summed E-state index contributed by atoms with van der Waals surface area (Å²) in [6.07, 6.45) is 0. The van der Waals surface area contributed by atoms with Crippen LogP contribution in [0, 0.1) is 6.92 Å². The third-order valence-electron chi connectivity index (χ3n) is 3.27. The molecule has 1 aromatic rings. The summed E-state index contributed by atoms with van der Waals surface area (Å²) in [5.74, 6) is -0.268. The summed E-state index contributed by atoms with van der Waals surface area (Å²) in [6, 6.07) is 8.22. The van der Waals surface area contributed by atoms with Crippen LogP contribution in [0.5, 0.6) is 0 Å². The first-order valence-electron chi connectivity index (χ1n) is 6.91. The van der Waals surface area contributed by atoms with Crippen LogP contribution in [0.1, 0.15) is 30.2 Å². The number of amidine groups is 1. The molecule has 0 bridgehead atoms. The molecule has 0 saturated heterocycles. The number of nitrogens with zero attached hydrogens (tertiary/aromatic N) is 1. The monoisotopic (exact) mass is 304 g/mol. The van der Waals surface area contributed by atoms with E-state index >= 15 is 0 Å². The number of aliphatic imine (C=N–C) groups is 1. The Kier molecular flexibility index (Phi) is 5.07. The molecule has 1 heterocycles. The second kappa shape index (κ2) is 6.80. The highest BCUT2D eigenvalue weighted by Gasteiger charge is 2.32. The molecule has 1 aliphatic rings. The molecule has 2 rings (SSSR count). The smallest absolute Gasteiger partial charge is 0.337 e. The molecule has 1 atom stereocenters. The van der Waals surface area contributed by atoms with Crippen LogP contribution in [0.2, 0.25) is 0 Å². The average Bonchev–Trinajstić information content (AvgIpc) is 2.47. The summed E-state index contributed by atoms with van der Waals surface area (Å²) in [7, 11) is 1.74. The fourth-order valence-corrected chi connectivity index (χ4v) is 3.40. The van der Waals surface area contributed by atoms with E-state index in [1.54, 1.807) is 7.05 Å². The van der Waals surface area contributed by atoms with Crippen molar-refractivity contribution in [1.82, 2.24) is 5.32 Å². The molecular formula is C16H20N2O2S. The normalized spacial score (nSPS) is 20.4. The molecule has 0 aliphatic carbocycles. The third kappa shape index (κ3) is 3.47. The van der Waals surface area contributed by atoms with Gasteiger partial charge in [0.25, 0.3) is 0 Å². The van der Waals surface area contributed by atoms with Crippen LogP contribution < -0.4 is 5.32 Å². The number of carbonyl (C=O) groups excluding carboxylic acids is 1. The van der Waals surface area contributed by atoms with Crippen molar-refractivity contribution >= 4 is 22.9 Å². The van der Waals surface area contributed by atoms with Crippen LogP contribution in [0.15, 0.2) is 40.5 Å². The first-order chi connectivity index (χ1) is 10.1. The van der Waals surface area contributed by atoms with Gasteiger partial charge in [-0.2, -0.15) is 0 Å². The number of aryl methyl sites for hydroxylation is 1. The average molecular weight is 304 g/mol. The maximum absolute atomic E-state index is 12.3. The molecule has 0 saturated carbocycles. The summed E-state index contributed by atoms with van der Waals surface area (Å²) in [5, 5.41) is 3.88. The van der Waals surface area contributed by atoms with Gasteiger partial charge in [-0.1, -0.05) is 41.6 Å². The van der Waals surface area contributed by atoms with E-state index in [0.29, 0.717) is 12.2 Å². The predicted molar refractivity (Wildman–Crippen MR) is 87.3 cm³/mol. The number of esters is 1. The lowest BCUT2D eigenvalue weighted by molar-refractivity contribution is -0.138. The molecule has 0 aromatic heterocycles. The second-order valence-electron chi connectivity index (χ2n) is 4.82. The zero-order valence-electron chi connectivity index (χ0n) is 12.8. The number of allylic oxidation sites excluding steroid dienone is 1. The maximum Gasteiger partial charge on any atom is 0.337 e. The quantitative estimate of drug-likeness (QED) is 0.871. The first kappa shape index (κ1) is 15.6. The fraction of sp³-hybridized carbons (Fsp3) is 0.375. The molecule has 1 N–H and O–H groups in total. The molecular weight excluding hydrogens is 284 g/mol. The number of nitrogens with one attached hydrogen (secondary N) is 1. The molecule has 0 amide bonds. The van der Waals surface area contributed by atoms with E-state index in [4.69, 9.17) is 4.74 Å². The lowest BCUT2D eigenvalue weighted by Gasteiger charge is -2.27. The minimum atomic E-state index is -0.268. The number of thioether (sulfide) groups is 1. The van der Waals surface area contributed by atoms with Crippen molar-refractivity contribution in [2.75, 3.05) is 13.7 Å². The summed E-state index contributed by atoms with van der Waals surface area (Å²) < 4.78 is 5.21. The summed E-state index contributed by atoms with van der Waals surface area (Å²) >= 11 is 1.54. The molecule has 0 unspecified atom stereocenters. The van der Waals surface area contributed by atoms with Crippen LogP contribution in [0.25, 0.3) is 0 Å². The highest BCUT2D eigenvalue weighted by Crippen LogP contribution is 2.41. The van der Waals surface area contributed by atoms with Gasteiger partial charge in [0, 0.05) is 12.7 Å². The van der Waals surface area contributed by atoms with E-state index in [9.17, 15) is 4.79 Å². The number of hydrogen-bond acceptors (Lipinski definition) is 4. The van der Waals surface area contributed by atoms with Crippen molar-refractivity contribution in [2.45, 2.75) is 26.0 Å². The van der Waals surface area contributed by atoms with Gasteiger partial charge in [-0.3, -0.25) is 4.99 Å². The molecule has 0 fully saturated rings. The summed E-state index contributed by atoms with van der Waals surface area (Å²) in [6.45, 7) is 6.12. The van der Waals surface area contributed by atoms with Crippen molar-refractivity contribution < 1.29 is 9.53 Å². The number of ether oxygens (including phenoxy) is 1. The Bertz CT molecular complexity index is 591. The van der Waals surface area contributed by atoms with E-state index in [1.165, 1.54) is 17.3 Å². The van der Waals surface area contributed by atoms with Gasteiger partial charge in [-0.25, -0.2) is 4.79 Å². The van der Waals surface area contributed by atoms with Crippen molar-refractivity contribution in [2.24, 2.45) is 4.99 Å². The highest BCUT2D eigenvalue weighted by molar-refractivity contribution is 8.14. The van der Waals surface area contributed by atoms with E-state index in [1.807, 2.05) is 20.8 Å². The van der Waals surface area contributed by atoms with Crippen LogP contribution in [0.4, 0.5) is 0 Å². The number of benzene rings is 1. The first-order valence-corrected chi connectivity index (χ1v) is 7.79. The van der Waals surface area contributed by atoms with Crippen LogP contribution in [-0.2, 0) is 9.53 Å². The van der Waals surface area contributed by atoms with Gasteiger partial charge in [0.05, 0.1) is 17.4 Å². The molecule has 112 valence electrons. The highest BCUT2D eigenvalue weighted by atomic mass is 32.2. The van der Waals surface area contributed by atoms with Gasteiger partial charge in [-0.05, 0) is 26.3 Å². The minimum absolute atomic E-state index is 0.0930. The Morgan fingerprint density at radius 1 is 1.33 bits per heavy atom. The molecule has 5 heteroatoms. The Labute approximate surface area is 129 Å². The Morgan fingerprint density at radius 2 is 2.00 bits per heavy atom. The summed E-state index contributed by atoms with van der Waals surface area (Å²) in [4.78, 5) is 16.5. The van der Waals surface area contributed by atoms with E-state index in [2.05, 4.69) is 34.6 Å². The third-order valence-corrected chi connectivity index (χ3v) is 4.52. The van der Waals surface area contributed by atoms with Crippen LogP contribution in [0.3, 0.4) is 0 Å². The second-order valence-corrected chi connectivity index (χ2v) is 5.92. The Balaban J connectivity index is 2.44. The summed E-state index contributed by atoms with van der Waals surface area (Å²) in [5.41, 5.74) is 3.74. The zero-order chi connectivity index (χ0) is 15.4. The van der Waals surface area contributed by atoms with Gasteiger partial charge < -0.3 is 10.1 Å². The fourth-order valence-electron chi connectivity index (χ4n) is 2.18. The predicted octanol–water partition coefficient (Wildman–Crippen LogP) is 3.20. The molecule has 1 aliphatic heterocycles. The van der Waals surface area contributed by atoms with Crippen molar-refractivity contribution in [1.29, 1.82) is 0 Å². The van der Waals surface area contributed by atoms with E-state index in [0.717, 1.165) is 16.4 Å². The van der Waals surface area contributed by atoms with Crippen molar-refractivity contribution in [3.63, 3.8) is 0 Å². The van der Waals surface area contributed by atoms with Gasteiger partial charge >= 0.3 is 5.97 Å². The largest absolute Gasteiger partial charge is 0.463 e. The Hall–Kier alpha value is -1.75.